The molecule has 0 unspecified atom stereocenters. The van der Waals surface area contributed by atoms with E-state index in [2.05, 4.69) is 31.6 Å². The van der Waals surface area contributed by atoms with Gasteiger partial charge in [-0.05, 0) is 0 Å². The largest absolute Gasteiger partial charge is 3.00 e. The minimum atomic E-state index is -2.82. The van der Waals surface area contributed by atoms with Crippen molar-refractivity contribution in [3.8, 4) is 0 Å². The summed E-state index contributed by atoms with van der Waals surface area (Å²) in [7, 11) is -8.46. The van der Waals surface area contributed by atoms with Crippen molar-refractivity contribution in [3.05, 3.63) is 0 Å². The van der Waals surface area contributed by atoms with Gasteiger partial charge in [0.25, 0.3) is 0 Å². The van der Waals surface area contributed by atoms with Crippen LogP contribution in [-0.4, -0.2) is 0 Å². The van der Waals surface area contributed by atoms with Crippen molar-refractivity contribution < 1.29 is 77.4 Å². The molecule has 0 bridgehead atoms. The van der Waals surface area contributed by atoms with Crippen LogP contribution in [0.15, 0.2) is 0 Å². The molecule has 17 heteroatoms. The molecule has 106 valence electrons. The first-order chi connectivity index (χ1) is 6.81. The van der Waals surface area contributed by atoms with Crippen LogP contribution in [-0.2, 0) is 48.0 Å². The Labute approximate surface area is 121 Å². The number of nitrogens with two attached hydrogens (primary N) is 3. The molecule has 0 atom stereocenters. The summed E-state index contributed by atoms with van der Waals surface area (Å²) in [6.07, 6.45) is 0. The first kappa shape index (κ1) is 31.3. The Hall–Kier alpha value is 1.85. The Balaban J connectivity index is -0.0000000400. The summed E-state index contributed by atoms with van der Waals surface area (Å²) in [5.74, 6) is 12.2. The average Bonchev–Trinajstić information content (AvgIpc) is 2.19. The summed E-state index contributed by atoms with van der Waals surface area (Å²) in [5, 5.41) is 0. The molecule has 0 saturated carbocycles. The zero-order chi connectivity index (χ0) is 12.9. The Morgan fingerprint density at radius 3 is 0.588 bits per heavy atom. The van der Waals surface area contributed by atoms with Gasteiger partial charge >= 0.3 is 34.1 Å². The third-order valence-electron chi connectivity index (χ3n) is 0.258. The van der Waals surface area contributed by atoms with E-state index in [1.165, 1.54) is 0 Å². The maximum Gasteiger partial charge on any atom is 3.00 e. The smallest absolute Gasteiger partial charge is 0.819 e. The molecule has 0 saturated heterocycles. The van der Waals surface area contributed by atoms with Gasteiger partial charge in [0.1, 0.15) is 0 Å². The summed E-state index contributed by atoms with van der Waals surface area (Å²) < 4.78 is 9.61. The Kier molecular flexibility index (Phi) is 48.7. The molecule has 0 aromatic carbocycles. The van der Waals surface area contributed by atoms with Crippen molar-refractivity contribution in [1.29, 1.82) is 0 Å². The average molecular weight is 397 g/mol. The predicted octanol–water partition coefficient (Wildman–Crippen LogP) is -6.53. The van der Waals surface area contributed by atoms with E-state index in [0.717, 1.165) is 0 Å². The van der Waals surface area contributed by atoms with Gasteiger partial charge in [-0.1, -0.05) is 0 Å². The molecule has 0 aliphatic rings. The fourth-order valence-corrected chi connectivity index (χ4v) is 0. The van der Waals surface area contributed by atoms with E-state index in [9.17, 15) is 0 Å². The molecule has 2 radical (unpaired) electrons. The second-order valence-electron chi connectivity index (χ2n) is 0.987. The first-order valence-electron chi connectivity index (χ1n) is 2.35. The third kappa shape index (κ3) is 72.8. The van der Waals surface area contributed by atoms with Crippen molar-refractivity contribution in [2.24, 2.45) is 17.7 Å². The fraction of sp³-hybridized carbons (Fsp3) is 0. The first-order valence-corrected chi connectivity index (χ1v) is 5.64. The second kappa shape index (κ2) is 26.4. The minimum absolute atomic E-state index is 0. The van der Waals surface area contributed by atoms with Gasteiger partial charge in [-0.3, -0.25) is 0 Å². The van der Waals surface area contributed by atoms with Gasteiger partial charge in [-0.25, -0.2) is 17.7 Å². The van der Waals surface area contributed by atoms with Crippen molar-refractivity contribution in [2.75, 3.05) is 0 Å². The van der Waals surface area contributed by atoms with Crippen LogP contribution in [0, 0.1) is 0 Å². The molecule has 0 heterocycles. The van der Waals surface area contributed by atoms with Crippen LogP contribution >= 0.6 is 25.8 Å². The van der Waals surface area contributed by atoms with Gasteiger partial charge in [0.15, 0.2) is 0 Å². The van der Waals surface area contributed by atoms with Gasteiger partial charge in [0, 0.05) is 0 Å². The van der Waals surface area contributed by atoms with Gasteiger partial charge < -0.3 is 43.2 Å². The SMILES string of the molecule is NOP([O-])[O-].NOP([O-])[O-].NOP([O-])[O-].[Fe+3].[Fe+3]. The summed E-state index contributed by atoms with van der Waals surface area (Å²) in [6.45, 7) is 0. The van der Waals surface area contributed by atoms with E-state index in [1.54, 1.807) is 0 Å². The molecule has 0 aliphatic carbocycles. The van der Waals surface area contributed by atoms with Crippen LogP contribution in [0.5, 0.6) is 0 Å². The molecule has 6 N–H and O–H groups in total. The van der Waals surface area contributed by atoms with Crippen LogP contribution in [0.3, 0.4) is 0 Å². The second-order valence-corrected chi connectivity index (χ2v) is 2.96. The van der Waals surface area contributed by atoms with Crippen molar-refractivity contribution >= 4 is 25.8 Å². The van der Waals surface area contributed by atoms with E-state index < -0.39 is 25.8 Å². The molecule has 12 nitrogen and oxygen atoms in total. The topological polar surface area (TPSA) is 244 Å². The molecule has 0 rings (SSSR count). The summed E-state index contributed by atoms with van der Waals surface area (Å²) in [6, 6.07) is 0. The van der Waals surface area contributed by atoms with Crippen LogP contribution in [0.25, 0.3) is 0 Å². The van der Waals surface area contributed by atoms with E-state index in [1.807, 2.05) is 0 Å². The molecule has 0 fully saturated rings. The maximum atomic E-state index is 9.06. The zero-order valence-electron chi connectivity index (χ0n) is 7.46. The fourth-order valence-electron chi connectivity index (χ4n) is 0. The van der Waals surface area contributed by atoms with Crippen molar-refractivity contribution in [1.82, 2.24) is 0 Å². The molecule has 0 amide bonds. The normalized spacial score (nSPS) is 8.47. The quantitative estimate of drug-likeness (QED) is 0.229. The standard InChI is InChI=1S/2Fe.3H2NO3P/c;;3*1-4-5(2)3/h;;3*1H2/q2*+3;3*-2. The number of hydrogen-bond acceptors (Lipinski definition) is 12. The molecule has 0 aromatic rings. The minimum Gasteiger partial charge on any atom is -0.819 e. The van der Waals surface area contributed by atoms with E-state index in [4.69, 9.17) is 29.4 Å². The Bertz CT molecular complexity index is 90.5. The monoisotopic (exact) mass is 397 g/mol. The molecule has 0 aliphatic heterocycles. The van der Waals surface area contributed by atoms with E-state index in [0.29, 0.717) is 0 Å². The maximum absolute atomic E-state index is 9.06. The molecule has 17 heavy (non-hydrogen) atoms. The molecule has 0 aromatic heterocycles. The molecular weight excluding hydrogens is 391 g/mol. The number of rotatable bonds is 3. The summed E-state index contributed by atoms with van der Waals surface area (Å²) >= 11 is 0. The van der Waals surface area contributed by atoms with Gasteiger partial charge in [-0.2, -0.15) is 0 Å². The molecular formula is H6Fe2N3O9P3. The predicted molar refractivity (Wildman–Crippen MR) is 36.6 cm³/mol. The van der Waals surface area contributed by atoms with Crippen LogP contribution in [0.1, 0.15) is 0 Å². The van der Waals surface area contributed by atoms with Gasteiger partial charge in [0.05, 0.1) is 0 Å². The van der Waals surface area contributed by atoms with Gasteiger partial charge in [-0.15, -0.1) is 25.8 Å². The Morgan fingerprint density at radius 2 is 0.588 bits per heavy atom. The number of hydrogen-bond donors (Lipinski definition) is 3. The van der Waals surface area contributed by atoms with E-state index in [-0.39, 0.29) is 34.1 Å². The van der Waals surface area contributed by atoms with Crippen LogP contribution in [0.2, 0.25) is 0 Å². The van der Waals surface area contributed by atoms with Crippen molar-refractivity contribution in [3.63, 3.8) is 0 Å². The van der Waals surface area contributed by atoms with Crippen LogP contribution in [0.4, 0.5) is 0 Å². The Morgan fingerprint density at radius 1 is 0.529 bits per heavy atom. The summed E-state index contributed by atoms with van der Waals surface area (Å²) in [5.41, 5.74) is 0. The molecule has 0 spiro atoms. The zero-order valence-corrected chi connectivity index (χ0v) is 12.3. The summed E-state index contributed by atoms with van der Waals surface area (Å²) in [4.78, 5) is 54.3. The van der Waals surface area contributed by atoms with Crippen molar-refractivity contribution in [2.45, 2.75) is 0 Å². The van der Waals surface area contributed by atoms with Crippen LogP contribution < -0.4 is 47.1 Å². The third-order valence-corrected chi connectivity index (χ3v) is 0.775. The van der Waals surface area contributed by atoms with E-state index >= 15 is 0 Å². The van der Waals surface area contributed by atoms with Gasteiger partial charge in [0.2, 0.25) is 0 Å².